The van der Waals surface area contributed by atoms with Gasteiger partial charge in [-0.3, -0.25) is 4.79 Å². The number of hydrogen-bond acceptors (Lipinski definition) is 2. The van der Waals surface area contributed by atoms with E-state index in [2.05, 4.69) is 18.3 Å². The molecule has 1 heterocycles. The Labute approximate surface area is 81.7 Å². The van der Waals surface area contributed by atoms with Crippen LogP contribution in [0.3, 0.4) is 0 Å². The number of aryl methyl sites for hydroxylation is 1. The molecule has 1 N–H and O–H groups in total. The summed E-state index contributed by atoms with van der Waals surface area (Å²) in [6, 6.07) is 5.97. The Balaban J connectivity index is 2.48. The molecule has 1 unspecified atom stereocenters. The number of thioether (sulfide) groups is 1. The molecule has 1 aromatic rings. The van der Waals surface area contributed by atoms with Crippen molar-refractivity contribution in [1.82, 2.24) is 0 Å². The van der Waals surface area contributed by atoms with E-state index in [-0.39, 0.29) is 11.2 Å². The normalized spacial score (nSPS) is 20.8. The second kappa shape index (κ2) is 3.07. The molecule has 0 radical (unpaired) electrons. The van der Waals surface area contributed by atoms with Crippen molar-refractivity contribution in [2.75, 3.05) is 5.32 Å². The molecule has 2 rings (SSSR count). The van der Waals surface area contributed by atoms with E-state index in [9.17, 15) is 4.79 Å². The highest BCUT2D eigenvalue weighted by atomic mass is 32.2. The molecule has 0 bridgehead atoms. The monoisotopic (exact) mass is 193 g/mol. The lowest BCUT2D eigenvalue weighted by atomic mass is 10.2. The molecule has 1 amide bonds. The molecule has 0 saturated heterocycles. The number of benzene rings is 1. The highest BCUT2D eigenvalue weighted by molar-refractivity contribution is 8.01. The molecule has 0 fully saturated rings. The maximum Gasteiger partial charge on any atom is 0.237 e. The van der Waals surface area contributed by atoms with Crippen LogP contribution < -0.4 is 5.32 Å². The summed E-state index contributed by atoms with van der Waals surface area (Å²) in [6.45, 7) is 3.99. The van der Waals surface area contributed by atoms with Gasteiger partial charge >= 0.3 is 0 Å². The molecule has 13 heavy (non-hydrogen) atoms. The molecule has 0 spiro atoms. The van der Waals surface area contributed by atoms with Crippen molar-refractivity contribution in [3.05, 3.63) is 23.8 Å². The predicted octanol–water partition coefficient (Wildman–Crippen LogP) is 2.43. The number of fused-ring (bicyclic) bond motifs is 1. The van der Waals surface area contributed by atoms with Crippen LogP contribution in [0, 0.1) is 6.92 Å². The summed E-state index contributed by atoms with van der Waals surface area (Å²) >= 11 is 1.63. The first-order valence-electron chi connectivity index (χ1n) is 4.25. The summed E-state index contributed by atoms with van der Waals surface area (Å²) in [6.07, 6.45) is 0. The lowest BCUT2D eigenvalue weighted by Crippen LogP contribution is -2.26. The lowest BCUT2D eigenvalue weighted by Gasteiger charge is -2.22. The molecule has 0 saturated carbocycles. The summed E-state index contributed by atoms with van der Waals surface area (Å²) in [5.41, 5.74) is 2.18. The first-order valence-corrected chi connectivity index (χ1v) is 5.13. The zero-order valence-corrected chi connectivity index (χ0v) is 8.44. The van der Waals surface area contributed by atoms with Crippen LogP contribution in [0.4, 0.5) is 5.69 Å². The van der Waals surface area contributed by atoms with E-state index in [1.807, 2.05) is 19.1 Å². The van der Waals surface area contributed by atoms with Crippen molar-refractivity contribution in [3.8, 4) is 0 Å². The smallest absolute Gasteiger partial charge is 0.237 e. The first kappa shape index (κ1) is 8.63. The highest BCUT2D eigenvalue weighted by Crippen LogP contribution is 2.37. The van der Waals surface area contributed by atoms with Gasteiger partial charge in [-0.2, -0.15) is 0 Å². The average molecular weight is 193 g/mol. The molecule has 3 heteroatoms. The topological polar surface area (TPSA) is 29.1 Å². The Morgan fingerprint density at radius 3 is 3.00 bits per heavy atom. The minimum Gasteiger partial charge on any atom is -0.324 e. The van der Waals surface area contributed by atoms with Gasteiger partial charge in [0, 0.05) is 4.90 Å². The third-order valence-electron chi connectivity index (χ3n) is 2.13. The molecule has 2 nitrogen and oxygen atoms in total. The number of hydrogen-bond donors (Lipinski definition) is 1. The Morgan fingerprint density at radius 2 is 2.23 bits per heavy atom. The fraction of sp³-hybridized carbons (Fsp3) is 0.300. The number of carbonyl (C=O) groups excluding carboxylic acids is 1. The Kier molecular flexibility index (Phi) is 2.04. The van der Waals surface area contributed by atoms with Crippen molar-refractivity contribution < 1.29 is 4.79 Å². The van der Waals surface area contributed by atoms with Crippen LogP contribution in [-0.2, 0) is 4.79 Å². The van der Waals surface area contributed by atoms with Crippen LogP contribution in [-0.4, -0.2) is 11.2 Å². The number of carbonyl (C=O) groups is 1. The van der Waals surface area contributed by atoms with Gasteiger partial charge in [0.2, 0.25) is 5.91 Å². The Hall–Kier alpha value is -0.960. The van der Waals surface area contributed by atoms with Gasteiger partial charge in [0.15, 0.2) is 0 Å². The van der Waals surface area contributed by atoms with Crippen LogP contribution in [0.2, 0.25) is 0 Å². The van der Waals surface area contributed by atoms with Crippen molar-refractivity contribution in [3.63, 3.8) is 0 Å². The van der Waals surface area contributed by atoms with Gasteiger partial charge in [0.25, 0.3) is 0 Å². The summed E-state index contributed by atoms with van der Waals surface area (Å²) in [5, 5.41) is 2.91. The zero-order valence-electron chi connectivity index (χ0n) is 7.63. The summed E-state index contributed by atoms with van der Waals surface area (Å²) in [5.74, 6) is 0.100. The molecule has 1 aromatic carbocycles. The van der Waals surface area contributed by atoms with Gasteiger partial charge in [-0.25, -0.2) is 0 Å². The Morgan fingerprint density at radius 1 is 1.46 bits per heavy atom. The van der Waals surface area contributed by atoms with Crippen molar-refractivity contribution >= 4 is 23.4 Å². The van der Waals surface area contributed by atoms with Crippen LogP contribution in [0.25, 0.3) is 0 Å². The SMILES string of the molecule is Cc1cccc2c1SC(C)C(=O)N2. The maximum atomic E-state index is 11.3. The molecule has 0 aliphatic carbocycles. The average Bonchev–Trinajstić information content (AvgIpc) is 2.09. The van der Waals surface area contributed by atoms with Crippen molar-refractivity contribution in [1.29, 1.82) is 0 Å². The molecule has 1 aliphatic heterocycles. The summed E-state index contributed by atoms with van der Waals surface area (Å²) in [7, 11) is 0. The molecule has 1 aliphatic rings. The fourth-order valence-electron chi connectivity index (χ4n) is 1.37. The van der Waals surface area contributed by atoms with Gasteiger partial charge in [0.05, 0.1) is 10.9 Å². The Bertz CT molecular complexity index is 362. The lowest BCUT2D eigenvalue weighted by molar-refractivity contribution is -0.115. The number of nitrogens with one attached hydrogen (secondary N) is 1. The van der Waals surface area contributed by atoms with Crippen LogP contribution in [0.1, 0.15) is 12.5 Å². The summed E-state index contributed by atoms with van der Waals surface area (Å²) < 4.78 is 0. The number of rotatable bonds is 0. The van der Waals surface area contributed by atoms with Gasteiger partial charge in [0.1, 0.15) is 0 Å². The van der Waals surface area contributed by atoms with Crippen molar-refractivity contribution in [2.24, 2.45) is 0 Å². The van der Waals surface area contributed by atoms with Crippen LogP contribution in [0.5, 0.6) is 0 Å². The minimum absolute atomic E-state index is 0.0219. The van der Waals surface area contributed by atoms with Crippen LogP contribution >= 0.6 is 11.8 Å². The van der Waals surface area contributed by atoms with Gasteiger partial charge in [-0.05, 0) is 25.5 Å². The van der Waals surface area contributed by atoms with E-state index in [0.717, 1.165) is 5.69 Å². The van der Waals surface area contributed by atoms with E-state index in [0.29, 0.717) is 0 Å². The van der Waals surface area contributed by atoms with E-state index in [1.54, 1.807) is 11.8 Å². The largest absolute Gasteiger partial charge is 0.324 e. The standard InChI is InChI=1S/C10H11NOS/c1-6-4-3-5-8-9(6)13-7(2)10(12)11-8/h3-5,7H,1-2H3,(H,11,12). The number of amides is 1. The van der Waals surface area contributed by atoms with E-state index in [1.165, 1.54) is 10.5 Å². The molecular formula is C10H11NOS. The van der Waals surface area contributed by atoms with E-state index >= 15 is 0 Å². The molecule has 0 aromatic heterocycles. The quantitative estimate of drug-likeness (QED) is 0.685. The molecular weight excluding hydrogens is 182 g/mol. The van der Waals surface area contributed by atoms with E-state index < -0.39 is 0 Å². The van der Waals surface area contributed by atoms with Gasteiger partial charge in [-0.1, -0.05) is 12.1 Å². The van der Waals surface area contributed by atoms with Gasteiger partial charge < -0.3 is 5.32 Å². The molecule has 1 atom stereocenters. The second-order valence-electron chi connectivity index (χ2n) is 3.20. The third-order valence-corrected chi connectivity index (χ3v) is 3.48. The zero-order chi connectivity index (χ0) is 9.42. The summed E-state index contributed by atoms with van der Waals surface area (Å²) in [4.78, 5) is 12.5. The second-order valence-corrected chi connectivity index (χ2v) is 4.55. The molecule has 68 valence electrons. The first-order chi connectivity index (χ1) is 6.18. The number of anilines is 1. The third kappa shape index (κ3) is 1.44. The predicted molar refractivity (Wildman–Crippen MR) is 55.1 cm³/mol. The maximum absolute atomic E-state index is 11.3. The van der Waals surface area contributed by atoms with Crippen LogP contribution in [0.15, 0.2) is 23.1 Å². The van der Waals surface area contributed by atoms with Crippen molar-refractivity contribution in [2.45, 2.75) is 24.0 Å². The highest BCUT2D eigenvalue weighted by Gasteiger charge is 2.23. The van der Waals surface area contributed by atoms with Gasteiger partial charge in [-0.15, -0.1) is 11.8 Å². The minimum atomic E-state index is 0.0219. The van der Waals surface area contributed by atoms with E-state index in [4.69, 9.17) is 0 Å². The fourth-order valence-corrected chi connectivity index (χ4v) is 2.39.